The van der Waals surface area contributed by atoms with Crippen LogP contribution in [0, 0.1) is 0 Å². The molecule has 1 aliphatic rings. The lowest BCUT2D eigenvalue weighted by Gasteiger charge is -2.37. The first-order valence-electron chi connectivity index (χ1n) is 10.7. The Morgan fingerprint density at radius 2 is 2.06 bits per heavy atom. The number of anilines is 3. The van der Waals surface area contributed by atoms with E-state index in [0.29, 0.717) is 13.0 Å². The van der Waals surface area contributed by atoms with Gasteiger partial charge in [-0.15, -0.1) is 0 Å². The molecule has 1 amide bonds. The monoisotopic (exact) mass is 429 g/mol. The molecule has 0 aliphatic carbocycles. The second-order valence-corrected chi connectivity index (χ2v) is 7.83. The van der Waals surface area contributed by atoms with Crippen LogP contribution in [0.3, 0.4) is 0 Å². The Morgan fingerprint density at radius 1 is 1.32 bits per heavy atom. The number of fused-ring (bicyclic) bond motifs is 1. The molecule has 0 spiro atoms. The number of aromatic nitrogens is 2. The number of ether oxygens (including phenoxy) is 1. The number of amides is 1. The zero-order chi connectivity index (χ0) is 22.5. The van der Waals surface area contributed by atoms with Crippen molar-refractivity contribution >= 4 is 23.1 Å². The molecule has 9 heteroatoms. The average Bonchev–Trinajstić information content (AvgIpc) is 2.75. The van der Waals surface area contributed by atoms with Gasteiger partial charge in [0.15, 0.2) is 5.69 Å². The maximum Gasteiger partial charge on any atom is 0.330 e. The van der Waals surface area contributed by atoms with Crippen LogP contribution in [0.1, 0.15) is 32.3 Å². The smallest absolute Gasteiger partial charge is 0.330 e. The highest BCUT2D eigenvalue weighted by molar-refractivity contribution is 5.98. The highest BCUT2D eigenvalue weighted by atomic mass is 16.5. The third kappa shape index (κ3) is 4.66. The average molecular weight is 430 g/mol. The summed E-state index contributed by atoms with van der Waals surface area (Å²) in [5.41, 5.74) is 7.18. The number of aryl methyl sites for hydroxylation is 1. The number of nitrogens with one attached hydrogen (secondary N) is 1. The van der Waals surface area contributed by atoms with Gasteiger partial charge in [-0.1, -0.05) is 25.1 Å². The van der Waals surface area contributed by atoms with Crippen LogP contribution in [-0.2, 0) is 22.5 Å². The largest absolute Gasteiger partial charge is 0.383 e. The summed E-state index contributed by atoms with van der Waals surface area (Å²) in [7, 11) is 1.53. The summed E-state index contributed by atoms with van der Waals surface area (Å²) in [4.78, 5) is 44.0. The Hall–Kier alpha value is -3.07. The number of nitrogens with two attached hydrogens (primary N) is 1. The van der Waals surface area contributed by atoms with Gasteiger partial charge in [-0.25, -0.2) is 4.79 Å². The van der Waals surface area contributed by atoms with E-state index in [1.807, 2.05) is 25.1 Å². The predicted octanol–water partition coefficient (Wildman–Crippen LogP) is 1.35. The number of H-pyrrole nitrogens is 1. The maximum atomic E-state index is 13.5. The van der Waals surface area contributed by atoms with Gasteiger partial charge in [0.2, 0.25) is 5.91 Å². The fourth-order valence-electron chi connectivity index (χ4n) is 4.06. The number of benzene rings is 1. The van der Waals surface area contributed by atoms with Gasteiger partial charge in [0.05, 0.1) is 13.2 Å². The zero-order valence-electron chi connectivity index (χ0n) is 18.4. The van der Waals surface area contributed by atoms with E-state index in [9.17, 15) is 14.4 Å². The number of carbonyl (C=O) groups excluding carboxylic acids is 1. The Labute approximate surface area is 181 Å². The molecule has 0 bridgehead atoms. The number of aromatic amines is 1. The summed E-state index contributed by atoms with van der Waals surface area (Å²) in [5, 5.41) is 0. The molecule has 0 fully saturated rings. The van der Waals surface area contributed by atoms with Crippen LogP contribution < -0.4 is 26.8 Å². The predicted molar refractivity (Wildman–Crippen MR) is 122 cm³/mol. The molecule has 0 saturated carbocycles. The number of nitrogen functional groups attached to an aromatic ring is 1. The van der Waals surface area contributed by atoms with Gasteiger partial charge in [-0.3, -0.25) is 19.1 Å². The number of hydrogen-bond acceptors (Lipinski definition) is 6. The fraction of sp³-hybridized carbons (Fsp3) is 0.500. The highest BCUT2D eigenvalue weighted by Crippen LogP contribution is 2.30. The van der Waals surface area contributed by atoms with Crippen molar-refractivity contribution in [2.45, 2.75) is 45.7 Å². The molecule has 2 aromatic rings. The third-order valence-electron chi connectivity index (χ3n) is 5.72. The summed E-state index contributed by atoms with van der Waals surface area (Å²) < 4.78 is 6.46. The Morgan fingerprint density at radius 3 is 2.77 bits per heavy atom. The molecule has 168 valence electrons. The van der Waals surface area contributed by atoms with E-state index in [4.69, 9.17) is 10.5 Å². The molecule has 9 nitrogen and oxygen atoms in total. The molecule has 3 N–H and O–H groups in total. The van der Waals surface area contributed by atoms with Crippen molar-refractivity contribution in [2.24, 2.45) is 0 Å². The van der Waals surface area contributed by atoms with Gasteiger partial charge in [0.1, 0.15) is 5.82 Å². The standard InChI is InChI=1S/C22H31N5O4/c1-4-11-26-20(23)19(21(29)24-22(26)30)25(12-13-31-3)18(28)14-27-15(2)9-10-16-7-5-6-8-17(16)27/h5-8,15H,4,9-14,23H2,1-3H3,(H,24,29,30)/t15-/m0/s1. The lowest BCUT2D eigenvalue weighted by molar-refractivity contribution is -0.117. The molecule has 0 saturated heterocycles. The van der Waals surface area contributed by atoms with E-state index < -0.39 is 11.2 Å². The Kier molecular flexibility index (Phi) is 7.17. The Balaban J connectivity index is 1.99. The summed E-state index contributed by atoms with van der Waals surface area (Å²) in [6, 6.07) is 8.22. The molecule has 1 aromatic heterocycles. The van der Waals surface area contributed by atoms with E-state index in [1.54, 1.807) is 0 Å². The molecular weight excluding hydrogens is 398 g/mol. The van der Waals surface area contributed by atoms with Crippen molar-refractivity contribution in [1.29, 1.82) is 0 Å². The summed E-state index contributed by atoms with van der Waals surface area (Å²) in [5.74, 6) is -0.286. The number of methoxy groups -OCH3 is 1. The lowest BCUT2D eigenvalue weighted by atomic mass is 9.96. The van der Waals surface area contributed by atoms with E-state index in [0.717, 1.165) is 18.5 Å². The van der Waals surface area contributed by atoms with Crippen LogP contribution in [0.4, 0.5) is 17.2 Å². The van der Waals surface area contributed by atoms with Crippen molar-refractivity contribution in [2.75, 3.05) is 42.3 Å². The van der Waals surface area contributed by atoms with Crippen LogP contribution in [-0.4, -0.2) is 48.3 Å². The second kappa shape index (κ2) is 9.82. The van der Waals surface area contributed by atoms with Gasteiger partial charge < -0.3 is 20.3 Å². The van der Waals surface area contributed by atoms with Crippen molar-refractivity contribution in [3.63, 3.8) is 0 Å². The van der Waals surface area contributed by atoms with Crippen molar-refractivity contribution in [3.8, 4) is 0 Å². The molecule has 31 heavy (non-hydrogen) atoms. The molecular formula is C22H31N5O4. The van der Waals surface area contributed by atoms with Crippen molar-refractivity contribution < 1.29 is 9.53 Å². The molecule has 1 aliphatic heterocycles. The second-order valence-electron chi connectivity index (χ2n) is 7.83. The van der Waals surface area contributed by atoms with E-state index in [1.165, 1.54) is 22.1 Å². The molecule has 0 radical (unpaired) electrons. The fourth-order valence-corrected chi connectivity index (χ4v) is 4.06. The number of hydrogen-bond donors (Lipinski definition) is 2. The molecule has 0 unspecified atom stereocenters. The van der Waals surface area contributed by atoms with Crippen LogP contribution in [0.25, 0.3) is 0 Å². The van der Waals surface area contributed by atoms with Gasteiger partial charge >= 0.3 is 5.69 Å². The lowest BCUT2D eigenvalue weighted by Crippen LogP contribution is -2.49. The molecule has 3 rings (SSSR count). The van der Waals surface area contributed by atoms with Crippen LogP contribution in [0.2, 0.25) is 0 Å². The number of nitrogens with zero attached hydrogens (tertiary/aromatic N) is 3. The minimum absolute atomic E-state index is 0.00644. The maximum absolute atomic E-state index is 13.5. The van der Waals surface area contributed by atoms with Gasteiger partial charge in [0.25, 0.3) is 5.56 Å². The van der Waals surface area contributed by atoms with Gasteiger partial charge in [-0.2, -0.15) is 0 Å². The minimum atomic E-state index is -0.675. The number of carbonyl (C=O) groups is 1. The highest BCUT2D eigenvalue weighted by Gasteiger charge is 2.29. The third-order valence-corrected chi connectivity index (χ3v) is 5.72. The van der Waals surface area contributed by atoms with E-state index >= 15 is 0 Å². The first-order chi connectivity index (χ1) is 14.9. The molecule has 1 atom stereocenters. The van der Waals surface area contributed by atoms with Crippen molar-refractivity contribution in [1.82, 2.24) is 9.55 Å². The topological polar surface area (TPSA) is 114 Å². The summed E-state index contributed by atoms with van der Waals surface area (Å²) >= 11 is 0. The first-order valence-corrected chi connectivity index (χ1v) is 10.7. The van der Waals surface area contributed by atoms with E-state index in [2.05, 4.69) is 22.9 Å². The van der Waals surface area contributed by atoms with Crippen LogP contribution >= 0.6 is 0 Å². The van der Waals surface area contributed by atoms with Crippen LogP contribution in [0.5, 0.6) is 0 Å². The molecule has 2 heterocycles. The SMILES string of the molecule is CCCn1c(N)c(N(CCOC)C(=O)CN2c3ccccc3CC[C@@H]2C)c(=O)[nH]c1=O. The van der Waals surface area contributed by atoms with Crippen LogP contribution in [0.15, 0.2) is 33.9 Å². The Bertz CT molecular complexity index is 1040. The number of rotatable bonds is 8. The summed E-state index contributed by atoms with van der Waals surface area (Å²) in [6.45, 7) is 4.80. The zero-order valence-corrected chi connectivity index (χ0v) is 18.4. The minimum Gasteiger partial charge on any atom is -0.383 e. The normalized spacial score (nSPS) is 15.6. The first kappa shape index (κ1) is 22.6. The quantitative estimate of drug-likeness (QED) is 0.655. The van der Waals surface area contributed by atoms with Crippen molar-refractivity contribution in [3.05, 3.63) is 50.7 Å². The summed E-state index contributed by atoms with van der Waals surface area (Å²) in [6.07, 6.45) is 2.56. The van der Waals surface area contributed by atoms with Gasteiger partial charge in [0, 0.05) is 31.9 Å². The van der Waals surface area contributed by atoms with E-state index in [-0.39, 0.29) is 43.2 Å². The van der Waals surface area contributed by atoms with Gasteiger partial charge in [-0.05, 0) is 37.8 Å². The molecule has 1 aromatic carbocycles. The number of para-hydroxylation sites is 1.